The van der Waals surface area contributed by atoms with Gasteiger partial charge in [-0.25, -0.2) is 4.79 Å². The Morgan fingerprint density at radius 1 is 1.50 bits per heavy atom. The Bertz CT molecular complexity index is 270. The average Bonchev–Trinajstić information content (AvgIpc) is 2.23. The van der Waals surface area contributed by atoms with E-state index in [1.165, 1.54) is 7.05 Å². The number of nitrogens with zero attached hydrogens (tertiary/aromatic N) is 1. The number of urea groups is 1. The first-order valence-corrected chi connectivity index (χ1v) is 5.52. The van der Waals surface area contributed by atoms with Crippen molar-refractivity contribution in [2.75, 3.05) is 26.7 Å². The third-order valence-electron chi connectivity index (χ3n) is 2.90. The fourth-order valence-corrected chi connectivity index (χ4v) is 1.83. The van der Waals surface area contributed by atoms with Crippen LogP contribution in [0.4, 0.5) is 4.79 Å². The highest BCUT2D eigenvalue weighted by Crippen LogP contribution is 2.13. The van der Waals surface area contributed by atoms with E-state index in [-0.39, 0.29) is 18.5 Å². The number of rotatable bonds is 2. The molecule has 1 fully saturated rings. The van der Waals surface area contributed by atoms with Crippen LogP contribution in [0.2, 0.25) is 0 Å². The molecule has 2 unspecified atom stereocenters. The Hall–Kier alpha value is -1.14. The summed E-state index contributed by atoms with van der Waals surface area (Å²) < 4.78 is 0. The summed E-state index contributed by atoms with van der Waals surface area (Å²) in [5.74, 6) is 0.114. The summed E-state index contributed by atoms with van der Waals surface area (Å²) in [4.78, 5) is 24.3. The maximum atomic E-state index is 11.4. The first kappa shape index (κ1) is 12.9. The van der Waals surface area contributed by atoms with Gasteiger partial charge in [-0.2, -0.15) is 0 Å². The molecule has 0 aromatic rings. The molecule has 0 spiro atoms. The van der Waals surface area contributed by atoms with Gasteiger partial charge in [0.25, 0.3) is 0 Å². The highest BCUT2D eigenvalue weighted by Gasteiger charge is 2.24. The molecule has 1 aliphatic heterocycles. The number of nitrogens with one attached hydrogen (secondary N) is 2. The molecule has 6 nitrogen and oxygen atoms in total. The normalized spacial score (nSPS) is 26.2. The minimum atomic E-state index is -0.466. The van der Waals surface area contributed by atoms with Crippen LogP contribution in [0.15, 0.2) is 0 Å². The molecule has 1 saturated heterocycles. The van der Waals surface area contributed by atoms with Gasteiger partial charge < -0.3 is 11.1 Å². The molecule has 1 heterocycles. The van der Waals surface area contributed by atoms with E-state index in [0.717, 1.165) is 19.5 Å². The van der Waals surface area contributed by atoms with Crippen molar-refractivity contribution >= 4 is 11.9 Å². The molecule has 1 rings (SSSR count). The van der Waals surface area contributed by atoms with Gasteiger partial charge in [-0.3, -0.25) is 15.0 Å². The minimum Gasteiger partial charge on any atom is -0.341 e. The minimum absolute atomic E-state index is 0.221. The van der Waals surface area contributed by atoms with Crippen LogP contribution in [0.1, 0.15) is 13.3 Å². The highest BCUT2D eigenvalue weighted by atomic mass is 16.2. The summed E-state index contributed by atoms with van der Waals surface area (Å²) in [6.45, 7) is 3.95. The number of imide groups is 1. The summed E-state index contributed by atoms with van der Waals surface area (Å²) in [7, 11) is 1.48. The Balaban J connectivity index is 2.32. The number of carbonyl (C=O) groups excluding carboxylic acids is 2. The summed E-state index contributed by atoms with van der Waals surface area (Å²) >= 11 is 0. The molecule has 6 heteroatoms. The zero-order chi connectivity index (χ0) is 12.1. The predicted octanol–water partition coefficient (Wildman–Crippen LogP) is -0.889. The zero-order valence-electron chi connectivity index (χ0n) is 9.82. The van der Waals surface area contributed by atoms with E-state index in [9.17, 15) is 9.59 Å². The van der Waals surface area contributed by atoms with Crippen molar-refractivity contribution in [3.63, 3.8) is 0 Å². The first-order valence-electron chi connectivity index (χ1n) is 5.52. The maximum absolute atomic E-state index is 11.4. The van der Waals surface area contributed by atoms with Crippen molar-refractivity contribution in [2.24, 2.45) is 11.7 Å². The Labute approximate surface area is 95.5 Å². The molecule has 0 bridgehead atoms. The topological polar surface area (TPSA) is 87.5 Å². The lowest BCUT2D eigenvalue weighted by Crippen LogP contribution is -2.50. The molecule has 1 aliphatic rings. The molecule has 0 saturated carbocycles. The molecular formula is C10H20N4O2. The number of amides is 3. The lowest BCUT2D eigenvalue weighted by atomic mass is 9.95. The second-order valence-corrected chi connectivity index (χ2v) is 4.29. The summed E-state index contributed by atoms with van der Waals surface area (Å²) in [6.07, 6.45) is 0.897. The molecule has 0 radical (unpaired) electrons. The van der Waals surface area contributed by atoms with Crippen LogP contribution in [0.25, 0.3) is 0 Å². The van der Waals surface area contributed by atoms with Gasteiger partial charge in [-0.05, 0) is 12.3 Å². The summed E-state index contributed by atoms with van der Waals surface area (Å²) in [5, 5.41) is 4.58. The second kappa shape index (κ2) is 5.81. The van der Waals surface area contributed by atoms with Crippen LogP contribution in [0.5, 0.6) is 0 Å². The SMILES string of the molecule is CNC(=O)NC(=O)CN1CCC(N)C(C)C1. The van der Waals surface area contributed by atoms with Gasteiger partial charge in [0, 0.05) is 26.2 Å². The maximum Gasteiger partial charge on any atom is 0.321 e. The van der Waals surface area contributed by atoms with Gasteiger partial charge >= 0.3 is 6.03 Å². The van der Waals surface area contributed by atoms with Crippen molar-refractivity contribution in [2.45, 2.75) is 19.4 Å². The number of hydrogen-bond donors (Lipinski definition) is 3. The van der Waals surface area contributed by atoms with Gasteiger partial charge in [0.15, 0.2) is 0 Å². The lowest BCUT2D eigenvalue weighted by molar-refractivity contribution is -0.121. The zero-order valence-corrected chi connectivity index (χ0v) is 9.82. The largest absolute Gasteiger partial charge is 0.341 e. The summed E-state index contributed by atoms with van der Waals surface area (Å²) in [6, 6.07) is -0.245. The molecule has 92 valence electrons. The van der Waals surface area contributed by atoms with Gasteiger partial charge in [-0.15, -0.1) is 0 Å². The van der Waals surface area contributed by atoms with E-state index < -0.39 is 6.03 Å². The van der Waals surface area contributed by atoms with Gasteiger partial charge in [0.05, 0.1) is 6.54 Å². The monoisotopic (exact) mass is 228 g/mol. The van der Waals surface area contributed by atoms with Crippen LogP contribution in [0, 0.1) is 5.92 Å². The molecule has 0 aromatic carbocycles. The number of hydrogen-bond acceptors (Lipinski definition) is 4. The van der Waals surface area contributed by atoms with Gasteiger partial charge in [0.1, 0.15) is 0 Å². The van der Waals surface area contributed by atoms with Crippen LogP contribution < -0.4 is 16.4 Å². The number of piperidine rings is 1. The Kier molecular flexibility index (Phi) is 4.70. The van der Waals surface area contributed by atoms with Crippen LogP contribution in [0.3, 0.4) is 0 Å². The number of nitrogens with two attached hydrogens (primary N) is 1. The van der Waals surface area contributed by atoms with Crippen molar-refractivity contribution in [3.05, 3.63) is 0 Å². The third kappa shape index (κ3) is 3.79. The molecule has 3 amide bonds. The third-order valence-corrected chi connectivity index (χ3v) is 2.90. The molecule has 16 heavy (non-hydrogen) atoms. The quantitative estimate of drug-likeness (QED) is 0.572. The standard InChI is InChI=1S/C10H20N4O2/c1-7-5-14(4-3-8(7)11)6-9(15)13-10(16)12-2/h7-8H,3-6,11H2,1-2H3,(H2,12,13,15,16). The van der Waals surface area contributed by atoms with Crippen molar-refractivity contribution in [1.29, 1.82) is 0 Å². The second-order valence-electron chi connectivity index (χ2n) is 4.29. The van der Waals surface area contributed by atoms with E-state index >= 15 is 0 Å². The highest BCUT2D eigenvalue weighted by molar-refractivity contribution is 5.95. The fourth-order valence-electron chi connectivity index (χ4n) is 1.83. The van der Waals surface area contributed by atoms with E-state index in [4.69, 9.17) is 5.73 Å². The van der Waals surface area contributed by atoms with E-state index in [1.54, 1.807) is 0 Å². The molecule has 0 aromatic heterocycles. The summed E-state index contributed by atoms with van der Waals surface area (Å²) in [5.41, 5.74) is 5.88. The average molecular weight is 228 g/mol. The van der Waals surface area contributed by atoms with Gasteiger partial charge in [0.2, 0.25) is 5.91 Å². The number of carbonyl (C=O) groups is 2. The molecule has 4 N–H and O–H groups in total. The fraction of sp³-hybridized carbons (Fsp3) is 0.800. The predicted molar refractivity (Wildman–Crippen MR) is 60.8 cm³/mol. The van der Waals surface area contributed by atoms with Crippen LogP contribution in [-0.2, 0) is 4.79 Å². The smallest absolute Gasteiger partial charge is 0.321 e. The van der Waals surface area contributed by atoms with E-state index in [2.05, 4.69) is 17.6 Å². The van der Waals surface area contributed by atoms with Crippen molar-refractivity contribution in [3.8, 4) is 0 Å². The van der Waals surface area contributed by atoms with Gasteiger partial charge in [-0.1, -0.05) is 6.92 Å². The van der Waals surface area contributed by atoms with Crippen LogP contribution in [-0.4, -0.2) is 49.6 Å². The van der Waals surface area contributed by atoms with Crippen LogP contribution >= 0.6 is 0 Å². The molecule has 2 atom stereocenters. The van der Waals surface area contributed by atoms with E-state index in [1.807, 2.05) is 4.90 Å². The van der Waals surface area contributed by atoms with Crippen molar-refractivity contribution < 1.29 is 9.59 Å². The number of likely N-dealkylation sites (tertiary alicyclic amines) is 1. The first-order chi connectivity index (χ1) is 7.52. The Morgan fingerprint density at radius 3 is 2.75 bits per heavy atom. The molecule has 0 aliphatic carbocycles. The lowest BCUT2D eigenvalue weighted by Gasteiger charge is -2.34. The molecular weight excluding hydrogens is 208 g/mol. The van der Waals surface area contributed by atoms with Crippen molar-refractivity contribution in [1.82, 2.24) is 15.5 Å². The Morgan fingerprint density at radius 2 is 2.19 bits per heavy atom. The van der Waals surface area contributed by atoms with E-state index in [0.29, 0.717) is 5.92 Å².